The first-order valence-corrected chi connectivity index (χ1v) is 9.38. The first-order chi connectivity index (χ1) is 13.0. The van der Waals surface area contributed by atoms with E-state index in [-0.39, 0.29) is 12.6 Å². The third kappa shape index (κ3) is 7.37. The van der Waals surface area contributed by atoms with Crippen molar-refractivity contribution in [1.29, 1.82) is 0 Å². The number of ether oxygens (including phenoxy) is 1. The minimum absolute atomic E-state index is 0.144. The molecule has 0 unspecified atom stereocenters. The van der Waals surface area contributed by atoms with Crippen molar-refractivity contribution < 1.29 is 13.5 Å². The van der Waals surface area contributed by atoms with Gasteiger partial charge in [0, 0.05) is 46.4 Å². The highest BCUT2D eigenvalue weighted by Crippen LogP contribution is 2.12. The number of aryl methyl sites for hydroxylation is 1. The van der Waals surface area contributed by atoms with Crippen molar-refractivity contribution >= 4 is 5.96 Å². The highest BCUT2D eigenvalue weighted by Gasteiger charge is 2.22. The number of aliphatic imine (C=N–C) groups is 1. The van der Waals surface area contributed by atoms with Crippen molar-refractivity contribution in [2.24, 2.45) is 12.0 Å². The van der Waals surface area contributed by atoms with E-state index in [1.54, 1.807) is 7.11 Å². The third-order valence-electron chi connectivity index (χ3n) is 4.70. The fourth-order valence-electron chi connectivity index (χ4n) is 2.96. The number of nitrogens with zero attached hydrogens (tertiary/aromatic N) is 5. The Morgan fingerprint density at radius 2 is 2.07 bits per heavy atom. The molecule has 1 aromatic rings. The van der Waals surface area contributed by atoms with Crippen molar-refractivity contribution in [3.05, 3.63) is 11.6 Å². The molecule has 0 aromatic carbocycles. The minimum Gasteiger partial charge on any atom is -0.385 e. The lowest BCUT2D eigenvalue weighted by molar-refractivity contribution is 0.0744. The zero-order valence-corrected chi connectivity index (χ0v) is 16.4. The van der Waals surface area contributed by atoms with Crippen LogP contribution in [-0.2, 0) is 18.3 Å². The summed E-state index contributed by atoms with van der Waals surface area (Å²) in [5.41, 5.74) is 0. The molecule has 0 aliphatic carbocycles. The summed E-state index contributed by atoms with van der Waals surface area (Å²) >= 11 is 0. The van der Waals surface area contributed by atoms with Crippen LogP contribution in [0.1, 0.15) is 30.9 Å². The van der Waals surface area contributed by atoms with Crippen LogP contribution in [0.5, 0.6) is 0 Å². The zero-order valence-electron chi connectivity index (χ0n) is 16.4. The van der Waals surface area contributed by atoms with Crippen LogP contribution in [0.4, 0.5) is 8.78 Å². The summed E-state index contributed by atoms with van der Waals surface area (Å²) in [5.74, 6) is 2.34. The van der Waals surface area contributed by atoms with E-state index in [2.05, 4.69) is 25.8 Å². The van der Waals surface area contributed by atoms with Crippen LogP contribution in [0.3, 0.4) is 0 Å². The molecule has 1 fully saturated rings. The maximum absolute atomic E-state index is 12.5. The van der Waals surface area contributed by atoms with Gasteiger partial charge in [0.15, 0.2) is 11.8 Å². The van der Waals surface area contributed by atoms with Crippen LogP contribution in [0.2, 0.25) is 0 Å². The topological polar surface area (TPSA) is 79.6 Å². The normalized spacial score (nSPS) is 16.9. The molecule has 154 valence electrons. The van der Waals surface area contributed by atoms with Crippen LogP contribution in [-0.4, -0.2) is 78.0 Å². The van der Waals surface area contributed by atoms with Crippen molar-refractivity contribution in [2.45, 2.75) is 45.2 Å². The van der Waals surface area contributed by atoms with Crippen molar-refractivity contribution in [3.63, 3.8) is 0 Å². The second kappa shape index (κ2) is 11.1. The lowest BCUT2D eigenvalue weighted by Gasteiger charge is -2.32. The quantitative estimate of drug-likeness (QED) is 0.373. The van der Waals surface area contributed by atoms with Crippen LogP contribution in [0.25, 0.3) is 0 Å². The molecule has 0 amide bonds. The van der Waals surface area contributed by atoms with Gasteiger partial charge in [-0.05, 0) is 26.2 Å². The van der Waals surface area contributed by atoms with Gasteiger partial charge in [0.1, 0.15) is 12.4 Å². The molecular weight excluding hydrogens is 356 g/mol. The first-order valence-electron chi connectivity index (χ1n) is 9.38. The summed E-state index contributed by atoms with van der Waals surface area (Å²) in [6, 6.07) is 0.217. The lowest BCUT2D eigenvalue weighted by Crippen LogP contribution is -2.49. The van der Waals surface area contributed by atoms with E-state index in [1.165, 1.54) is 0 Å². The number of likely N-dealkylation sites (tertiary alicyclic amines) is 1. The number of nitrogens with one attached hydrogen (secondary N) is 2. The Hall–Kier alpha value is -1.81. The van der Waals surface area contributed by atoms with Crippen molar-refractivity contribution in [1.82, 2.24) is 30.3 Å². The summed E-state index contributed by atoms with van der Waals surface area (Å²) in [6.45, 7) is 4.92. The maximum Gasteiger partial charge on any atom is 0.251 e. The minimum atomic E-state index is -2.27. The number of rotatable bonds is 9. The number of guanidine groups is 1. The second-order valence-corrected chi connectivity index (χ2v) is 6.77. The van der Waals surface area contributed by atoms with Crippen LogP contribution in [0.15, 0.2) is 4.99 Å². The first kappa shape index (κ1) is 21.5. The molecule has 2 N–H and O–H groups in total. The number of methoxy groups -OCH3 is 1. The van der Waals surface area contributed by atoms with Gasteiger partial charge in [-0.3, -0.25) is 4.90 Å². The van der Waals surface area contributed by atoms with Gasteiger partial charge in [-0.15, -0.1) is 10.2 Å². The van der Waals surface area contributed by atoms with E-state index >= 15 is 0 Å². The Bertz CT molecular complexity index is 586. The van der Waals surface area contributed by atoms with Crippen LogP contribution in [0, 0.1) is 6.92 Å². The van der Waals surface area contributed by atoms with Crippen LogP contribution >= 0.6 is 0 Å². The summed E-state index contributed by atoms with van der Waals surface area (Å²) in [7, 11) is 3.59. The predicted molar refractivity (Wildman–Crippen MR) is 100.0 cm³/mol. The number of aromatic nitrogens is 3. The molecule has 2 heterocycles. The number of piperidine rings is 1. The predicted octanol–water partition coefficient (Wildman–Crippen LogP) is 0.925. The average molecular weight is 387 g/mol. The van der Waals surface area contributed by atoms with Crippen LogP contribution < -0.4 is 10.6 Å². The molecule has 8 nitrogen and oxygen atoms in total. The second-order valence-electron chi connectivity index (χ2n) is 6.77. The fourth-order valence-corrected chi connectivity index (χ4v) is 2.96. The van der Waals surface area contributed by atoms with E-state index in [1.807, 2.05) is 23.4 Å². The van der Waals surface area contributed by atoms with Gasteiger partial charge in [-0.1, -0.05) is 0 Å². The molecule has 0 atom stereocenters. The molecular formula is C17H31F2N7O. The summed E-state index contributed by atoms with van der Waals surface area (Å²) < 4.78 is 32.0. The smallest absolute Gasteiger partial charge is 0.251 e. The highest BCUT2D eigenvalue weighted by atomic mass is 19.3. The van der Waals surface area contributed by atoms with E-state index in [9.17, 15) is 8.78 Å². The number of halogens is 2. The highest BCUT2D eigenvalue weighted by molar-refractivity contribution is 5.80. The summed E-state index contributed by atoms with van der Waals surface area (Å²) in [6.07, 6.45) is 0.222. The van der Waals surface area contributed by atoms with Gasteiger partial charge in [-0.2, -0.15) is 0 Å². The maximum atomic E-state index is 12.5. The van der Waals surface area contributed by atoms with Gasteiger partial charge in [-0.25, -0.2) is 13.8 Å². The monoisotopic (exact) mass is 387 g/mol. The molecule has 0 saturated carbocycles. The molecule has 10 heteroatoms. The van der Waals surface area contributed by atoms with Gasteiger partial charge >= 0.3 is 0 Å². The summed E-state index contributed by atoms with van der Waals surface area (Å²) in [4.78, 5) is 6.44. The molecule has 1 aromatic heterocycles. The van der Waals surface area contributed by atoms with Gasteiger partial charge in [0.25, 0.3) is 6.43 Å². The zero-order chi connectivity index (χ0) is 19.6. The number of alkyl halides is 2. The molecule has 0 bridgehead atoms. The SMILES string of the molecule is COCCCNC(=NCc1nnc(C)n1C)NC1CCN(CC(F)F)CC1. The number of hydrogen-bond acceptors (Lipinski definition) is 5. The van der Waals surface area contributed by atoms with Gasteiger partial charge in [0.05, 0.1) is 6.54 Å². The Morgan fingerprint density at radius 1 is 1.33 bits per heavy atom. The van der Waals surface area contributed by atoms with E-state index < -0.39 is 6.43 Å². The third-order valence-corrected chi connectivity index (χ3v) is 4.70. The summed E-state index contributed by atoms with van der Waals surface area (Å²) in [5, 5.41) is 14.9. The Kier molecular flexibility index (Phi) is 8.86. The van der Waals surface area contributed by atoms with Gasteiger partial charge < -0.3 is 19.9 Å². The van der Waals surface area contributed by atoms with Gasteiger partial charge in [0.2, 0.25) is 0 Å². The van der Waals surface area contributed by atoms with Crippen molar-refractivity contribution in [3.8, 4) is 0 Å². The molecule has 1 aliphatic rings. The van der Waals surface area contributed by atoms with E-state index in [0.29, 0.717) is 32.2 Å². The van der Waals surface area contributed by atoms with E-state index in [0.717, 1.165) is 37.5 Å². The Balaban J connectivity index is 1.89. The molecule has 27 heavy (non-hydrogen) atoms. The van der Waals surface area contributed by atoms with E-state index in [4.69, 9.17) is 4.74 Å². The Labute approximate surface area is 159 Å². The molecule has 0 radical (unpaired) electrons. The molecule has 1 saturated heterocycles. The lowest BCUT2D eigenvalue weighted by atomic mass is 10.1. The molecule has 2 rings (SSSR count). The Morgan fingerprint density at radius 3 is 2.67 bits per heavy atom. The largest absolute Gasteiger partial charge is 0.385 e. The molecule has 1 aliphatic heterocycles. The number of hydrogen-bond donors (Lipinski definition) is 2. The standard InChI is InChI=1S/C17H31F2N7O/c1-13-23-24-16(25(13)2)11-21-17(20-7-4-10-27-3)22-14-5-8-26(9-6-14)12-15(18)19/h14-15H,4-12H2,1-3H3,(H2,20,21,22). The van der Waals surface area contributed by atoms with Crippen molar-refractivity contribution in [2.75, 3.05) is 39.9 Å². The average Bonchev–Trinajstić information content (AvgIpc) is 2.96. The molecule has 0 spiro atoms. The fraction of sp³-hybridized carbons (Fsp3) is 0.824.